The summed E-state index contributed by atoms with van der Waals surface area (Å²) in [5, 5.41) is 2.94. The van der Waals surface area contributed by atoms with Crippen LogP contribution in [0.4, 0.5) is 0 Å². The Morgan fingerprint density at radius 2 is 2.30 bits per heavy atom. The Kier molecular flexibility index (Phi) is 7.79. The maximum absolute atomic E-state index is 11.3. The van der Waals surface area contributed by atoms with Crippen molar-refractivity contribution in [3.63, 3.8) is 0 Å². The minimum absolute atomic E-state index is 0.0261. The highest BCUT2D eigenvalue weighted by Crippen LogP contribution is 2.10. The number of sulfone groups is 1. The summed E-state index contributed by atoms with van der Waals surface area (Å²) in [6, 6.07) is 0. The van der Waals surface area contributed by atoms with Crippen molar-refractivity contribution in [3.05, 3.63) is 11.8 Å². The molecule has 0 spiro atoms. The molecule has 0 aliphatic carbocycles. The zero-order chi connectivity index (χ0) is 15.0. The standard InChI is InChI=1S/C12H20ClNO4S2/c1-2-5-17-6-3-11(8-13)18-12(19)14-10-4-7-20(15,16)9-10/h4,11H,2-3,5-9H2,1H3,(H,14,19). The van der Waals surface area contributed by atoms with E-state index in [1.165, 1.54) is 0 Å². The first-order chi connectivity index (χ1) is 9.46. The van der Waals surface area contributed by atoms with E-state index in [1.54, 1.807) is 6.08 Å². The van der Waals surface area contributed by atoms with Gasteiger partial charge in [0.15, 0.2) is 9.84 Å². The molecule has 5 nitrogen and oxygen atoms in total. The summed E-state index contributed by atoms with van der Waals surface area (Å²) < 4.78 is 33.4. The minimum atomic E-state index is -3.01. The summed E-state index contributed by atoms with van der Waals surface area (Å²) in [4.78, 5) is 0. The molecule has 1 N–H and O–H groups in total. The molecule has 0 saturated carbocycles. The number of ether oxygens (including phenoxy) is 2. The third-order valence-electron chi connectivity index (χ3n) is 2.60. The van der Waals surface area contributed by atoms with Gasteiger partial charge in [0.2, 0.25) is 0 Å². The highest BCUT2D eigenvalue weighted by atomic mass is 35.5. The summed E-state index contributed by atoms with van der Waals surface area (Å²) in [7, 11) is -3.01. The van der Waals surface area contributed by atoms with Crippen LogP contribution in [0.5, 0.6) is 0 Å². The van der Waals surface area contributed by atoms with Gasteiger partial charge in [0.05, 0.1) is 24.0 Å². The summed E-state index contributed by atoms with van der Waals surface area (Å²) in [5.41, 5.74) is 0.561. The first-order valence-electron chi connectivity index (χ1n) is 6.47. The lowest BCUT2D eigenvalue weighted by molar-refractivity contribution is 0.0952. The summed E-state index contributed by atoms with van der Waals surface area (Å²) in [6.07, 6.45) is 2.97. The molecule has 0 amide bonds. The highest BCUT2D eigenvalue weighted by molar-refractivity contribution is 7.92. The number of hydrogen-bond donors (Lipinski definition) is 1. The van der Waals surface area contributed by atoms with Crippen molar-refractivity contribution in [1.82, 2.24) is 5.32 Å². The van der Waals surface area contributed by atoms with E-state index >= 15 is 0 Å². The van der Waals surface area contributed by atoms with Crippen LogP contribution in [0.1, 0.15) is 19.8 Å². The molecular formula is C12H20ClNO4S2. The van der Waals surface area contributed by atoms with E-state index in [1.807, 2.05) is 6.92 Å². The van der Waals surface area contributed by atoms with Gasteiger partial charge in [0.25, 0.3) is 5.17 Å². The van der Waals surface area contributed by atoms with Gasteiger partial charge in [-0.3, -0.25) is 0 Å². The van der Waals surface area contributed by atoms with Crippen molar-refractivity contribution < 1.29 is 17.9 Å². The van der Waals surface area contributed by atoms with Crippen molar-refractivity contribution in [2.45, 2.75) is 25.9 Å². The average Bonchev–Trinajstić information content (AvgIpc) is 2.72. The molecule has 8 heteroatoms. The van der Waals surface area contributed by atoms with Crippen LogP contribution in [-0.2, 0) is 19.3 Å². The SMILES string of the molecule is CCCOCCC(CCl)OC(=S)NC1=CCS(=O)(=O)C1. The molecule has 1 aliphatic rings. The first kappa shape index (κ1) is 17.7. The van der Waals surface area contributed by atoms with Gasteiger partial charge in [-0.15, -0.1) is 11.6 Å². The molecule has 0 radical (unpaired) electrons. The predicted octanol–water partition coefficient (Wildman–Crippen LogP) is 1.61. The van der Waals surface area contributed by atoms with Crippen molar-refractivity contribution in [2.75, 3.05) is 30.6 Å². The van der Waals surface area contributed by atoms with Crippen LogP contribution in [0, 0.1) is 0 Å². The summed E-state index contributed by atoms with van der Waals surface area (Å²) in [5.74, 6) is 0.318. The fourth-order valence-corrected chi connectivity index (χ4v) is 3.33. The second kappa shape index (κ2) is 8.81. The molecule has 1 unspecified atom stereocenters. The summed E-state index contributed by atoms with van der Waals surface area (Å²) in [6.45, 7) is 3.31. The Hall–Kier alpha value is -0.370. The van der Waals surface area contributed by atoms with E-state index in [-0.39, 0.29) is 22.8 Å². The number of hydrogen-bond acceptors (Lipinski definition) is 5. The van der Waals surface area contributed by atoms with Crippen LogP contribution in [0.15, 0.2) is 11.8 Å². The van der Waals surface area contributed by atoms with Crippen LogP contribution >= 0.6 is 23.8 Å². The molecule has 116 valence electrons. The molecule has 0 aromatic heterocycles. The smallest absolute Gasteiger partial charge is 0.261 e. The largest absolute Gasteiger partial charge is 0.466 e. The van der Waals surface area contributed by atoms with Crippen LogP contribution in [0.2, 0.25) is 0 Å². The molecule has 0 aromatic carbocycles. The Morgan fingerprint density at radius 3 is 2.85 bits per heavy atom. The van der Waals surface area contributed by atoms with Gasteiger partial charge < -0.3 is 14.8 Å². The van der Waals surface area contributed by atoms with E-state index in [4.69, 9.17) is 33.3 Å². The average molecular weight is 342 g/mol. The lowest BCUT2D eigenvalue weighted by atomic mass is 10.3. The molecule has 1 atom stereocenters. The maximum atomic E-state index is 11.3. The third kappa shape index (κ3) is 6.88. The monoisotopic (exact) mass is 341 g/mol. The van der Waals surface area contributed by atoms with Gasteiger partial charge in [-0.1, -0.05) is 6.92 Å². The Morgan fingerprint density at radius 1 is 1.55 bits per heavy atom. The number of halogens is 1. The zero-order valence-corrected chi connectivity index (χ0v) is 13.8. The molecule has 0 saturated heterocycles. The van der Waals surface area contributed by atoms with Gasteiger partial charge >= 0.3 is 0 Å². The van der Waals surface area contributed by atoms with E-state index in [0.29, 0.717) is 31.2 Å². The van der Waals surface area contributed by atoms with Crippen molar-refractivity contribution in [1.29, 1.82) is 0 Å². The minimum Gasteiger partial charge on any atom is -0.466 e. The molecule has 1 aliphatic heterocycles. The third-order valence-corrected chi connectivity index (χ3v) is 4.57. The predicted molar refractivity (Wildman–Crippen MR) is 83.8 cm³/mol. The van der Waals surface area contributed by atoms with Crippen molar-refractivity contribution in [3.8, 4) is 0 Å². The quantitative estimate of drug-likeness (QED) is 0.411. The lowest BCUT2D eigenvalue weighted by Crippen LogP contribution is -2.30. The second-order valence-corrected chi connectivity index (χ2v) is 7.28. The van der Waals surface area contributed by atoms with Crippen molar-refractivity contribution >= 4 is 38.8 Å². The van der Waals surface area contributed by atoms with Gasteiger partial charge in [0, 0.05) is 18.7 Å². The van der Waals surface area contributed by atoms with Crippen molar-refractivity contribution in [2.24, 2.45) is 0 Å². The maximum Gasteiger partial charge on any atom is 0.261 e. The molecule has 20 heavy (non-hydrogen) atoms. The molecule has 0 fully saturated rings. The van der Waals surface area contributed by atoms with Crippen LogP contribution < -0.4 is 5.32 Å². The van der Waals surface area contributed by atoms with Crippen LogP contribution in [0.25, 0.3) is 0 Å². The molecule has 0 bridgehead atoms. The van der Waals surface area contributed by atoms with Crippen LogP contribution in [0.3, 0.4) is 0 Å². The fourth-order valence-electron chi connectivity index (χ4n) is 1.61. The molecule has 0 aromatic rings. The molecule has 1 rings (SSSR count). The van der Waals surface area contributed by atoms with E-state index in [2.05, 4.69) is 5.32 Å². The normalized spacial score (nSPS) is 18.4. The number of rotatable bonds is 8. The Balaban J connectivity index is 2.29. The molecule has 1 heterocycles. The van der Waals surface area contributed by atoms with Gasteiger partial charge in [-0.05, 0) is 24.7 Å². The number of alkyl halides is 1. The Labute approximate surface area is 130 Å². The van der Waals surface area contributed by atoms with Crippen LogP contribution in [-0.4, -0.2) is 50.3 Å². The topological polar surface area (TPSA) is 64.6 Å². The van der Waals surface area contributed by atoms with Gasteiger partial charge in [-0.25, -0.2) is 8.42 Å². The number of nitrogens with one attached hydrogen (secondary N) is 1. The molecular weight excluding hydrogens is 322 g/mol. The lowest BCUT2D eigenvalue weighted by Gasteiger charge is -2.18. The number of thiocarbonyl (C=S) groups is 1. The first-order valence-corrected chi connectivity index (χ1v) is 9.24. The van der Waals surface area contributed by atoms with E-state index in [0.717, 1.165) is 6.42 Å². The van der Waals surface area contributed by atoms with E-state index in [9.17, 15) is 8.42 Å². The second-order valence-electron chi connectivity index (χ2n) is 4.49. The Bertz CT molecular complexity index is 450. The summed E-state index contributed by atoms with van der Waals surface area (Å²) >= 11 is 10.8. The van der Waals surface area contributed by atoms with Gasteiger partial charge in [-0.2, -0.15) is 0 Å². The van der Waals surface area contributed by atoms with Gasteiger partial charge in [0.1, 0.15) is 6.10 Å². The zero-order valence-electron chi connectivity index (χ0n) is 11.4. The fraction of sp³-hybridized carbons (Fsp3) is 0.750. The highest BCUT2D eigenvalue weighted by Gasteiger charge is 2.21. The van der Waals surface area contributed by atoms with E-state index < -0.39 is 9.84 Å².